The maximum absolute atomic E-state index is 12.9. The first-order valence-electron chi connectivity index (χ1n) is 10.8. The summed E-state index contributed by atoms with van der Waals surface area (Å²) in [6.07, 6.45) is 7.35. The number of nitrogens with zero attached hydrogens (tertiary/aromatic N) is 2. The molecule has 1 aliphatic heterocycles. The first-order valence-corrected chi connectivity index (χ1v) is 12.2. The number of rotatable bonds is 5. The number of allylic oxidation sites excluding steroid dienone is 2. The third kappa shape index (κ3) is 6.40. The lowest BCUT2D eigenvalue weighted by molar-refractivity contribution is -0.159. The highest BCUT2D eigenvalue weighted by Gasteiger charge is 2.37. The average molecular weight is 480 g/mol. The monoisotopic (exact) mass is 479 g/mol. The summed E-state index contributed by atoms with van der Waals surface area (Å²) in [6.45, 7) is 5.17. The number of amides is 1. The van der Waals surface area contributed by atoms with Crippen LogP contribution >= 0.6 is 0 Å². The van der Waals surface area contributed by atoms with E-state index in [1.54, 1.807) is 28.6 Å². The highest BCUT2D eigenvalue weighted by molar-refractivity contribution is 7.89. The number of hydrogen-bond donors (Lipinski definition) is 3. The first kappa shape index (κ1) is 24.9. The number of carboxylic acid groups (broad SMARTS) is 2. The number of benzene rings is 1. The van der Waals surface area contributed by atoms with Gasteiger partial charge in [0, 0.05) is 45.3 Å². The van der Waals surface area contributed by atoms with Gasteiger partial charge in [-0.15, -0.1) is 0 Å². The van der Waals surface area contributed by atoms with Gasteiger partial charge in [-0.1, -0.05) is 12.2 Å². The number of piperazine rings is 1. The Kier molecular flexibility index (Phi) is 7.88. The molecule has 10 nitrogen and oxygen atoms in total. The van der Waals surface area contributed by atoms with Gasteiger partial charge in [0.25, 0.3) is 0 Å². The number of fused-ring (bicyclic) bond motifs is 2. The molecule has 1 saturated heterocycles. The van der Waals surface area contributed by atoms with Gasteiger partial charge in [0.15, 0.2) is 0 Å². The van der Waals surface area contributed by atoms with Crippen LogP contribution in [0.15, 0.2) is 41.3 Å². The molecule has 3 atom stereocenters. The Bertz CT molecular complexity index is 1000. The maximum Gasteiger partial charge on any atom is 0.414 e. The largest absolute Gasteiger partial charge is 0.473 e. The molecule has 0 radical (unpaired) electrons. The van der Waals surface area contributed by atoms with Crippen molar-refractivity contribution in [2.75, 3.05) is 38.0 Å². The molecular weight excluding hydrogens is 450 g/mol. The minimum Gasteiger partial charge on any atom is -0.473 e. The van der Waals surface area contributed by atoms with Gasteiger partial charge >= 0.3 is 11.9 Å². The van der Waals surface area contributed by atoms with E-state index in [-0.39, 0.29) is 10.8 Å². The topological polar surface area (TPSA) is 144 Å². The molecule has 1 heterocycles. The van der Waals surface area contributed by atoms with Gasteiger partial charge in [0.1, 0.15) is 0 Å². The molecule has 4 rings (SSSR count). The van der Waals surface area contributed by atoms with Gasteiger partial charge in [-0.25, -0.2) is 18.0 Å². The molecule has 3 N–H and O–H groups in total. The number of carboxylic acids is 2. The zero-order valence-corrected chi connectivity index (χ0v) is 19.2. The molecule has 2 aliphatic carbocycles. The van der Waals surface area contributed by atoms with Crippen molar-refractivity contribution in [3.8, 4) is 0 Å². The Morgan fingerprint density at radius 2 is 1.58 bits per heavy atom. The minimum atomic E-state index is -3.48. The number of nitrogens with one attached hydrogen (secondary N) is 1. The second-order valence-corrected chi connectivity index (χ2v) is 10.5. The summed E-state index contributed by atoms with van der Waals surface area (Å²) in [7, 11) is -3.48. The fourth-order valence-corrected chi connectivity index (χ4v) is 6.07. The van der Waals surface area contributed by atoms with E-state index < -0.39 is 22.0 Å². The number of sulfonamides is 1. The summed E-state index contributed by atoms with van der Waals surface area (Å²) < 4.78 is 27.4. The fraction of sp³-hybridized carbons (Fsp3) is 0.500. The van der Waals surface area contributed by atoms with Crippen LogP contribution in [0.5, 0.6) is 0 Å². The molecule has 1 aromatic rings. The number of aliphatic carboxylic acids is 2. The summed E-state index contributed by atoms with van der Waals surface area (Å²) in [5.41, 5.74) is 0.603. The SMILES string of the molecule is CC(=O)Nc1ccc(S(=O)(=O)N2CCN(CC3CC4C=CC3C4)CC2)cc1.O=C(O)C(=O)O. The molecular formula is C22H29N3O7S. The summed E-state index contributed by atoms with van der Waals surface area (Å²) in [5, 5.41) is 17.4. The van der Waals surface area contributed by atoms with Crippen LogP contribution in [0.4, 0.5) is 5.69 Å². The van der Waals surface area contributed by atoms with Crippen molar-refractivity contribution in [3.05, 3.63) is 36.4 Å². The Labute approximate surface area is 192 Å². The van der Waals surface area contributed by atoms with Crippen LogP contribution in [0.2, 0.25) is 0 Å². The van der Waals surface area contributed by atoms with E-state index >= 15 is 0 Å². The second kappa shape index (κ2) is 10.4. The van der Waals surface area contributed by atoms with E-state index in [1.165, 1.54) is 19.8 Å². The Morgan fingerprint density at radius 3 is 2.03 bits per heavy atom. The van der Waals surface area contributed by atoms with Crippen molar-refractivity contribution < 1.29 is 33.0 Å². The molecule has 1 aromatic carbocycles. The molecule has 3 unspecified atom stereocenters. The zero-order chi connectivity index (χ0) is 24.2. The van der Waals surface area contributed by atoms with Gasteiger partial charge in [0.05, 0.1) is 4.90 Å². The van der Waals surface area contributed by atoms with Crippen molar-refractivity contribution in [3.63, 3.8) is 0 Å². The molecule has 3 aliphatic rings. The molecule has 2 fully saturated rings. The number of carbonyl (C=O) groups excluding carboxylic acids is 1. The van der Waals surface area contributed by atoms with Crippen molar-refractivity contribution in [2.24, 2.45) is 17.8 Å². The summed E-state index contributed by atoms with van der Waals surface area (Å²) >= 11 is 0. The number of carbonyl (C=O) groups is 3. The minimum absolute atomic E-state index is 0.173. The zero-order valence-electron chi connectivity index (χ0n) is 18.4. The van der Waals surface area contributed by atoms with Crippen LogP contribution < -0.4 is 5.32 Å². The van der Waals surface area contributed by atoms with Crippen LogP contribution in [0.1, 0.15) is 19.8 Å². The molecule has 11 heteroatoms. The smallest absolute Gasteiger partial charge is 0.414 e. The van der Waals surface area contributed by atoms with E-state index in [9.17, 15) is 13.2 Å². The predicted molar refractivity (Wildman–Crippen MR) is 120 cm³/mol. The number of anilines is 1. The van der Waals surface area contributed by atoms with Gasteiger partial charge in [0.2, 0.25) is 15.9 Å². The van der Waals surface area contributed by atoms with Crippen molar-refractivity contribution >= 4 is 33.6 Å². The van der Waals surface area contributed by atoms with Crippen LogP contribution in [0.25, 0.3) is 0 Å². The Balaban J connectivity index is 0.000000454. The van der Waals surface area contributed by atoms with Crippen LogP contribution in [0, 0.1) is 17.8 Å². The maximum atomic E-state index is 12.9. The molecule has 0 spiro atoms. The normalized spacial score (nSPS) is 24.7. The lowest BCUT2D eigenvalue weighted by Crippen LogP contribution is -2.49. The average Bonchev–Trinajstić information content (AvgIpc) is 3.38. The number of hydrogen-bond acceptors (Lipinski definition) is 6. The van der Waals surface area contributed by atoms with Crippen LogP contribution in [-0.2, 0) is 24.4 Å². The van der Waals surface area contributed by atoms with E-state index in [2.05, 4.69) is 22.4 Å². The van der Waals surface area contributed by atoms with E-state index in [0.29, 0.717) is 18.8 Å². The first-order chi connectivity index (χ1) is 15.6. The van der Waals surface area contributed by atoms with Crippen LogP contribution in [0.3, 0.4) is 0 Å². The summed E-state index contributed by atoms with van der Waals surface area (Å²) in [5.74, 6) is -1.57. The standard InChI is InChI=1S/C20H27N3O3S.C2H2O4/c1-15(24)21-19-4-6-20(7-5-19)27(25,26)23-10-8-22(9-11-23)14-18-13-16-2-3-17(18)12-16;3-1(4)2(5)6/h2-7,16-18H,8-14H2,1H3,(H,21,24);(H,3,4)(H,5,6). The quantitative estimate of drug-likeness (QED) is 0.424. The van der Waals surface area contributed by atoms with Gasteiger partial charge < -0.3 is 20.4 Å². The summed E-state index contributed by atoms with van der Waals surface area (Å²) in [6, 6.07) is 6.39. The molecule has 33 heavy (non-hydrogen) atoms. The second-order valence-electron chi connectivity index (χ2n) is 8.56. The van der Waals surface area contributed by atoms with Crippen molar-refractivity contribution in [1.82, 2.24) is 9.21 Å². The van der Waals surface area contributed by atoms with E-state index in [0.717, 1.165) is 37.4 Å². The third-order valence-electron chi connectivity index (χ3n) is 6.24. The van der Waals surface area contributed by atoms with Gasteiger partial charge in [-0.05, 0) is 54.9 Å². The lowest BCUT2D eigenvalue weighted by atomic mass is 9.93. The van der Waals surface area contributed by atoms with E-state index in [4.69, 9.17) is 19.8 Å². The molecule has 0 aromatic heterocycles. The highest BCUT2D eigenvalue weighted by atomic mass is 32.2. The van der Waals surface area contributed by atoms with Gasteiger partial charge in [-0.3, -0.25) is 4.79 Å². The van der Waals surface area contributed by atoms with Crippen LogP contribution in [-0.4, -0.2) is 78.4 Å². The predicted octanol–water partition coefficient (Wildman–Crippen LogP) is 1.32. The molecule has 180 valence electrons. The van der Waals surface area contributed by atoms with Crippen molar-refractivity contribution in [1.29, 1.82) is 0 Å². The lowest BCUT2D eigenvalue weighted by Gasteiger charge is -2.36. The van der Waals surface area contributed by atoms with Gasteiger partial charge in [-0.2, -0.15) is 4.31 Å². The Hall–Kier alpha value is -2.76. The van der Waals surface area contributed by atoms with Crippen molar-refractivity contribution in [2.45, 2.75) is 24.7 Å². The highest BCUT2D eigenvalue weighted by Crippen LogP contribution is 2.43. The van der Waals surface area contributed by atoms with E-state index in [1.807, 2.05) is 0 Å². The Morgan fingerprint density at radius 1 is 0.970 bits per heavy atom. The molecule has 1 amide bonds. The molecule has 2 bridgehead atoms. The fourth-order valence-electron chi connectivity index (χ4n) is 4.65. The third-order valence-corrected chi connectivity index (χ3v) is 8.15. The molecule has 1 saturated carbocycles. The summed E-state index contributed by atoms with van der Waals surface area (Å²) in [4.78, 5) is 32.0.